The first-order valence-electron chi connectivity index (χ1n) is 22.9. The number of thiophene rings is 1. The highest BCUT2D eigenvalue weighted by atomic mass is 32.1. The van der Waals surface area contributed by atoms with Crippen LogP contribution in [-0.4, -0.2) is 19.5 Å². The van der Waals surface area contributed by atoms with Crippen molar-refractivity contribution in [3.8, 4) is 83.5 Å². The lowest BCUT2D eigenvalue weighted by atomic mass is 9.95. The molecule has 4 heterocycles. The SMILES string of the molecule is c1ccc(-c2nc(-c3ccc(-c4ccc(-c5nc6ccccc6c6c(-c7ccccc7)c(-c7ccccc7)sc56)cc4)cc3)cc(-c3cccc(-n4c5ccccc5c5ccccc54)c3)n2)cc1. The molecule has 318 valence electrons. The molecule has 0 atom stereocenters. The zero-order valence-corrected chi connectivity index (χ0v) is 37.6. The summed E-state index contributed by atoms with van der Waals surface area (Å²) in [6.07, 6.45) is 0. The first-order chi connectivity index (χ1) is 33.7. The lowest BCUT2D eigenvalue weighted by Gasteiger charge is -2.12. The van der Waals surface area contributed by atoms with E-state index in [1.54, 1.807) is 0 Å². The largest absolute Gasteiger partial charge is 0.309 e. The van der Waals surface area contributed by atoms with Crippen LogP contribution in [0.2, 0.25) is 0 Å². The Morgan fingerprint density at radius 1 is 0.338 bits per heavy atom. The second-order valence-corrected chi connectivity index (χ2v) is 18.1. The van der Waals surface area contributed by atoms with E-state index in [1.165, 1.54) is 58.8 Å². The fourth-order valence-electron chi connectivity index (χ4n) is 9.80. The van der Waals surface area contributed by atoms with Gasteiger partial charge in [-0.3, -0.25) is 0 Å². The molecular formula is C63H40N4S. The first-order valence-corrected chi connectivity index (χ1v) is 23.7. The molecule has 0 aliphatic carbocycles. The van der Waals surface area contributed by atoms with E-state index in [9.17, 15) is 0 Å². The smallest absolute Gasteiger partial charge is 0.160 e. The lowest BCUT2D eigenvalue weighted by Crippen LogP contribution is -1.97. The van der Waals surface area contributed by atoms with Gasteiger partial charge in [-0.15, -0.1) is 11.3 Å². The maximum absolute atomic E-state index is 5.36. The molecule has 0 saturated carbocycles. The summed E-state index contributed by atoms with van der Waals surface area (Å²) in [5.74, 6) is 0.689. The van der Waals surface area contributed by atoms with Gasteiger partial charge in [0.1, 0.15) is 0 Å². The molecule has 0 radical (unpaired) electrons. The molecular weight excluding hydrogens is 845 g/mol. The van der Waals surface area contributed by atoms with E-state index in [2.05, 4.69) is 229 Å². The van der Waals surface area contributed by atoms with E-state index < -0.39 is 0 Å². The van der Waals surface area contributed by atoms with Crippen LogP contribution in [0.3, 0.4) is 0 Å². The molecule has 13 rings (SSSR count). The van der Waals surface area contributed by atoms with Crippen LogP contribution in [0.15, 0.2) is 243 Å². The molecule has 0 aliphatic heterocycles. The predicted molar refractivity (Wildman–Crippen MR) is 285 cm³/mol. The van der Waals surface area contributed by atoms with Crippen molar-refractivity contribution in [2.45, 2.75) is 0 Å². The average molecular weight is 885 g/mol. The Balaban J connectivity index is 0.872. The number of hydrogen-bond donors (Lipinski definition) is 0. The van der Waals surface area contributed by atoms with E-state index >= 15 is 0 Å². The van der Waals surface area contributed by atoms with Crippen molar-refractivity contribution in [3.05, 3.63) is 243 Å². The summed E-state index contributed by atoms with van der Waals surface area (Å²) in [4.78, 5) is 17.0. The van der Waals surface area contributed by atoms with Gasteiger partial charge >= 0.3 is 0 Å². The monoisotopic (exact) mass is 884 g/mol. The van der Waals surface area contributed by atoms with E-state index in [0.29, 0.717) is 5.82 Å². The van der Waals surface area contributed by atoms with Gasteiger partial charge in [0.05, 0.1) is 38.3 Å². The average Bonchev–Trinajstić information content (AvgIpc) is 3.99. The topological polar surface area (TPSA) is 43.6 Å². The molecule has 4 nitrogen and oxygen atoms in total. The Morgan fingerprint density at radius 3 is 1.49 bits per heavy atom. The number of benzene rings is 9. The summed E-state index contributed by atoms with van der Waals surface area (Å²) in [6, 6.07) is 86.0. The number of aromatic nitrogens is 4. The van der Waals surface area contributed by atoms with Gasteiger partial charge in [0.25, 0.3) is 0 Å². The van der Waals surface area contributed by atoms with Crippen molar-refractivity contribution in [1.29, 1.82) is 0 Å². The molecule has 13 aromatic rings. The minimum Gasteiger partial charge on any atom is -0.309 e. The van der Waals surface area contributed by atoms with Gasteiger partial charge in [0, 0.05) is 59.9 Å². The van der Waals surface area contributed by atoms with Gasteiger partial charge in [-0.05, 0) is 58.7 Å². The van der Waals surface area contributed by atoms with Gasteiger partial charge < -0.3 is 4.57 Å². The molecule has 4 aromatic heterocycles. The van der Waals surface area contributed by atoms with Crippen LogP contribution in [0.4, 0.5) is 0 Å². The second-order valence-electron chi connectivity index (χ2n) is 17.1. The van der Waals surface area contributed by atoms with Gasteiger partial charge in [-0.2, -0.15) is 0 Å². The third-order valence-electron chi connectivity index (χ3n) is 13.0. The first kappa shape index (κ1) is 39.6. The Labute approximate surface area is 397 Å². The van der Waals surface area contributed by atoms with Gasteiger partial charge in [-0.1, -0.05) is 206 Å². The number of pyridine rings is 1. The zero-order valence-electron chi connectivity index (χ0n) is 36.8. The van der Waals surface area contributed by atoms with Crippen molar-refractivity contribution >= 4 is 54.1 Å². The molecule has 9 aromatic carbocycles. The number of para-hydroxylation sites is 3. The molecule has 0 saturated heterocycles. The van der Waals surface area contributed by atoms with E-state index in [4.69, 9.17) is 15.0 Å². The molecule has 68 heavy (non-hydrogen) atoms. The summed E-state index contributed by atoms with van der Waals surface area (Å²) in [5.41, 5.74) is 17.2. The van der Waals surface area contributed by atoms with Gasteiger partial charge in [0.15, 0.2) is 5.82 Å². The summed E-state index contributed by atoms with van der Waals surface area (Å²) in [5, 5.41) is 4.89. The van der Waals surface area contributed by atoms with Crippen LogP contribution in [0.1, 0.15) is 0 Å². The normalized spacial score (nSPS) is 11.5. The molecule has 0 bridgehead atoms. The highest BCUT2D eigenvalue weighted by Gasteiger charge is 2.22. The van der Waals surface area contributed by atoms with Crippen molar-refractivity contribution in [2.75, 3.05) is 0 Å². The zero-order chi connectivity index (χ0) is 45.0. The predicted octanol–water partition coefficient (Wildman–Crippen LogP) is 17.0. The van der Waals surface area contributed by atoms with E-state index in [1.807, 2.05) is 29.5 Å². The fraction of sp³-hybridized carbons (Fsp3) is 0. The van der Waals surface area contributed by atoms with Crippen molar-refractivity contribution in [2.24, 2.45) is 0 Å². The Bertz CT molecular complexity index is 3940. The molecule has 0 N–H and O–H groups in total. The van der Waals surface area contributed by atoms with Crippen LogP contribution in [0.5, 0.6) is 0 Å². The Kier molecular flexibility index (Phi) is 9.66. The standard InChI is InChI=1S/C63H40N4S/c1-4-17-44(18-5-1)58-59-52-27-10-13-28-53(52)64-60(62(59)68-61(58)46-19-6-2-7-20-46)45-37-33-42(34-38-45)41-31-35-43(36-32-41)54-40-55(66-63(65-54)47-21-8-3-9-22-47)48-23-16-24-49(39-48)67-56-29-14-11-25-50(56)51-26-12-15-30-57(51)67/h1-40H. The van der Waals surface area contributed by atoms with Crippen molar-refractivity contribution in [1.82, 2.24) is 19.5 Å². The molecule has 0 amide bonds. The Morgan fingerprint density at radius 2 is 0.838 bits per heavy atom. The number of rotatable bonds is 8. The second kappa shape index (κ2) is 16.6. The van der Waals surface area contributed by atoms with Crippen molar-refractivity contribution < 1.29 is 0 Å². The van der Waals surface area contributed by atoms with Crippen LogP contribution >= 0.6 is 11.3 Å². The summed E-state index contributed by atoms with van der Waals surface area (Å²) in [7, 11) is 0. The third kappa shape index (κ3) is 6.88. The molecule has 0 unspecified atom stereocenters. The molecule has 0 aliphatic rings. The third-order valence-corrected chi connectivity index (χ3v) is 14.3. The van der Waals surface area contributed by atoms with E-state index in [-0.39, 0.29) is 0 Å². The van der Waals surface area contributed by atoms with Gasteiger partial charge in [0.2, 0.25) is 0 Å². The maximum Gasteiger partial charge on any atom is 0.160 e. The molecule has 0 fully saturated rings. The summed E-state index contributed by atoms with van der Waals surface area (Å²) in [6.45, 7) is 0. The molecule has 5 heteroatoms. The van der Waals surface area contributed by atoms with Crippen LogP contribution < -0.4 is 0 Å². The number of nitrogens with zero attached hydrogens (tertiary/aromatic N) is 4. The van der Waals surface area contributed by atoms with E-state index in [0.717, 1.165) is 61.7 Å². The van der Waals surface area contributed by atoms with Crippen LogP contribution in [0, 0.1) is 0 Å². The lowest BCUT2D eigenvalue weighted by molar-refractivity contribution is 1.16. The maximum atomic E-state index is 5.36. The highest BCUT2D eigenvalue weighted by molar-refractivity contribution is 7.23. The van der Waals surface area contributed by atoms with Crippen LogP contribution in [-0.2, 0) is 0 Å². The minimum absolute atomic E-state index is 0.689. The minimum atomic E-state index is 0.689. The van der Waals surface area contributed by atoms with Gasteiger partial charge in [-0.25, -0.2) is 15.0 Å². The number of hydrogen-bond acceptors (Lipinski definition) is 4. The Hall–Kier alpha value is -8.77. The summed E-state index contributed by atoms with van der Waals surface area (Å²) >= 11 is 1.83. The van der Waals surface area contributed by atoms with Crippen molar-refractivity contribution in [3.63, 3.8) is 0 Å². The highest BCUT2D eigenvalue weighted by Crippen LogP contribution is 2.50. The number of fused-ring (bicyclic) bond motifs is 6. The quantitative estimate of drug-likeness (QED) is 0.153. The summed E-state index contributed by atoms with van der Waals surface area (Å²) < 4.78 is 3.54. The molecule has 0 spiro atoms. The fourth-order valence-corrected chi connectivity index (χ4v) is 11.1. The van der Waals surface area contributed by atoms with Crippen LogP contribution in [0.25, 0.3) is 126 Å².